The Balaban J connectivity index is 2.15. The number of para-hydroxylation sites is 1. The number of rotatable bonds is 4. The maximum Gasteiger partial charge on any atom is 0.265 e. The maximum absolute atomic E-state index is 10.8. The zero-order chi connectivity index (χ0) is 13.2. The molecule has 0 amide bonds. The highest BCUT2D eigenvalue weighted by molar-refractivity contribution is 7.85. The van der Waals surface area contributed by atoms with Crippen molar-refractivity contribution < 1.29 is 13.0 Å². The van der Waals surface area contributed by atoms with E-state index in [4.69, 9.17) is 4.55 Å². The summed E-state index contributed by atoms with van der Waals surface area (Å²) in [4.78, 5) is 0. The van der Waals surface area contributed by atoms with Crippen molar-refractivity contribution in [3.8, 4) is 0 Å². The van der Waals surface area contributed by atoms with Crippen LogP contribution in [0.25, 0.3) is 6.08 Å². The minimum Gasteiger partial charge on any atom is -0.290 e. The smallest absolute Gasteiger partial charge is 0.265 e. The SMILES string of the molecule is C[N+]1(CCCS(=O)(=O)O)CC=Cc2ccccc21. The Bertz CT molecular complexity index is 565. The highest BCUT2D eigenvalue weighted by Gasteiger charge is 2.28. The summed E-state index contributed by atoms with van der Waals surface area (Å²) in [6.07, 6.45) is 4.66. The predicted molar refractivity (Wildman–Crippen MR) is 74.0 cm³/mol. The molecule has 1 N–H and O–H groups in total. The molecule has 1 heterocycles. The highest BCUT2D eigenvalue weighted by atomic mass is 32.2. The van der Waals surface area contributed by atoms with Crippen molar-refractivity contribution in [3.05, 3.63) is 35.9 Å². The molecule has 1 aliphatic heterocycles. The van der Waals surface area contributed by atoms with E-state index in [0.717, 1.165) is 6.54 Å². The van der Waals surface area contributed by atoms with E-state index in [1.807, 2.05) is 12.1 Å². The van der Waals surface area contributed by atoms with Crippen LogP contribution in [0.15, 0.2) is 30.3 Å². The van der Waals surface area contributed by atoms with Crippen molar-refractivity contribution in [3.63, 3.8) is 0 Å². The molecule has 0 saturated carbocycles. The molecule has 2 rings (SSSR count). The van der Waals surface area contributed by atoms with Gasteiger partial charge in [0.1, 0.15) is 12.2 Å². The van der Waals surface area contributed by atoms with E-state index in [1.165, 1.54) is 11.3 Å². The molecule has 0 fully saturated rings. The van der Waals surface area contributed by atoms with Crippen LogP contribution in [0.2, 0.25) is 0 Å². The van der Waals surface area contributed by atoms with Crippen LogP contribution in [0.4, 0.5) is 5.69 Å². The first-order chi connectivity index (χ1) is 8.41. The molecular formula is C13H18NO3S+. The maximum atomic E-state index is 10.8. The Labute approximate surface area is 108 Å². The number of nitrogens with zero attached hydrogens (tertiary/aromatic N) is 1. The number of hydrogen-bond acceptors (Lipinski definition) is 2. The number of fused-ring (bicyclic) bond motifs is 1. The Hall–Kier alpha value is -1.17. The van der Waals surface area contributed by atoms with Gasteiger partial charge in [0.15, 0.2) is 0 Å². The third-order valence-corrected chi connectivity index (χ3v) is 4.18. The van der Waals surface area contributed by atoms with Gasteiger partial charge < -0.3 is 0 Å². The summed E-state index contributed by atoms with van der Waals surface area (Å²) in [5.41, 5.74) is 2.38. The lowest BCUT2D eigenvalue weighted by molar-refractivity contribution is 0.358. The minimum atomic E-state index is -3.86. The number of hydrogen-bond donors (Lipinski definition) is 1. The average Bonchev–Trinajstić information content (AvgIpc) is 2.28. The molecule has 0 saturated heterocycles. The second-order valence-electron chi connectivity index (χ2n) is 4.90. The van der Waals surface area contributed by atoms with E-state index in [1.54, 1.807) is 0 Å². The molecule has 1 atom stereocenters. The molecule has 0 aliphatic carbocycles. The molecule has 0 bridgehead atoms. The van der Waals surface area contributed by atoms with Crippen molar-refractivity contribution in [2.75, 3.05) is 25.9 Å². The lowest BCUT2D eigenvalue weighted by Gasteiger charge is -2.36. The van der Waals surface area contributed by atoms with Gasteiger partial charge in [0.2, 0.25) is 0 Å². The van der Waals surface area contributed by atoms with Crippen LogP contribution in [0.3, 0.4) is 0 Å². The summed E-state index contributed by atoms with van der Waals surface area (Å²) in [5, 5.41) is 0. The minimum absolute atomic E-state index is 0.174. The van der Waals surface area contributed by atoms with Gasteiger partial charge in [-0.1, -0.05) is 12.1 Å². The molecule has 1 unspecified atom stereocenters. The van der Waals surface area contributed by atoms with E-state index >= 15 is 0 Å². The van der Waals surface area contributed by atoms with Crippen LogP contribution in [0, 0.1) is 0 Å². The summed E-state index contributed by atoms with van der Waals surface area (Å²) in [6, 6.07) is 8.13. The summed E-state index contributed by atoms with van der Waals surface area (Å²) in [6.45, 7) is 1.55. The van der Waals surface area contributed by atoms with Crippen molar-refractivity contribution in [2.24, 2.45) is 0 Å². The van der Waals surface area contributed by atoms with Gasteiger partial charge in [-0.05, 0) is 24.3 Å². The normalized spacial score (nSPS) is 22.8. The second kappa shape index (κ2) is 4.84. The second-order valence-corrected chi connectivity index (χ2v) is 6.47. The van der Waals surface area contributed by atoms with E-state index in [0.29, 0.717) is 17.4 Å². The highest BCUT2D eigenvalue weighted by Crippen LogP contribution is 2.30. The van der Waals surface area contributed by atoms with Gasteiger partial charge in [-0.2, -0.15) is 8.42 Å². The standard InChI is InChI=1S/C13H17NO3S/c1-14(10-5-11-18(15,16)17)9-4-7-12-6-2-3-8-13(12)14/h2-4,6-8H,5,9-11H2,1H3/p+1. The number of benzene rings is 1. The van der Waals surface area contributed by atoms with Crippen molar-refractivity contribution in [2.45, 2.75) is 6.42 Å². The van der Waals surface area contributed by atoms with Gasteiger partial charge in [0.05, 0.1) is 19.3 Å². The monoisotopic (exact) mass is 268 g/mol. The molecule has 0 radical (unpaired) electrons. The van der Waals surface area contributed by atoms with Crippen molar-refractivity contribution in [1.29, 1.82) is 0 Å². The summed E-state index contributed by atoms with van der Waals surface area (Å²) >= 11 is 0. The molecule has 1 aromatic rings. The summed E-state index contributed by atoms with van der Waals surface area (Å²) in [7, 11) is -1.77. The summed E-state index contributed by atoms with van der Waals surface area (Å²) in [5.74, 6) is -0.174. The molecule has 98 valence electrons. The molecule has 4 nitrogen and oxygen atoms in total. The van der Waals surface area contributed by atoms with Gasteiger partial charge >= 0.3 is 0 Å². The van der Waals surface area contributed by atoms with Crippen LogP contribution in [-0.4, -0.2) is 38.9 Å². The van der Waals surface area contributed by atoms with E-state index in [2.05, 4.69) is 31.3 Å². The Kier molecular flexibility index (Phi) is 3.56. The third-order valence-electron chi connectivity index (χ3n) is 3.38. The fourth-order valence-corrected chi connectivity index (χ4v) is 2.93. The first kappa shape index (κ1) is 13.3. The fraction of sp³-hybridized carbons (Fsp3) is 0.385. The van der Waals surface area contributed by atoms with Crippen LogP contribution in [-0.2, 0) is 10.1 Å². The Morgan fingerprint density at radius 1 is 1.33 bits per heavy atom. The molecule has 1 aromatic carbocycles. The lowest BCUT2D eigenvalue weighted by Crippen LogP contribution is -2.48. The van der Waals surface area contributed by atoms with Gasteiger partial charge in [0.25, 0.3) is 10.1 Å². The van der Waals surface area contributed by atoms with E-state index in [9.17, 15) is 8.42 Å². The molecule has 18 heavy (non-hydrogen) atoms. The zero-order valence-electron chi connectivity index (χ0n) is 10.4. The molecule has 0 spiro atoms. The quantitative estimate of drug-likeness (QED) is 0.670. The fourth-order valence-electron chi connectivity index (χ4n) is 2.44. The third kappa shape index (κ3) is 2.98. The Morgan fingerprint density at radius 2 is 2.06 bits per heavy atom. The van der Waals surface area contributed by atoms with E-state index in [-0.39, 0.29) is 5.75 Å². The van der Waals surface area contributed by atoms with Crippen LogP contribution < -0.4 is 4.48 Å². The predicted octanol–water partition coefficient (Wildman–Crippen LogP) is 1.93. The summed E-state index contributed by atoms with van der Waals surface area (Å²) < 4.78 is 31.0. The molecule has 1 aliphatic rings. The average molecular weight is 268 g/mol. The van der Waals surface area contributed by atoms with Gasteiger partial charge in [-0.15, -0.1) is 0 Å². The van der Waals surface area contributed by atoms with Gasteiger partial charge in [0, 0.05) is 12.0 Å². The van der Waals surface area contributed by atoms with Crippen LogP contribution >= 0.6 is 0 Å². The van der Waals surface area contributed by atoms with E-state index < -0.39 is 10.1 Å². The van der Waals surface area contributed by atoms with Crippen LogP contribution in [0.5, 0.6) is 0 Å². The Morgan fingerprint density at radius 3 is 2.78 bits per heavy atom. The largest absolute Gasteiger partial charge is 0.290 e. The van der Waals surface area contributed by atoms with Crippen molar-refractivity contribution in [1.82, 2.24) is 4.48 Å². The first-order valence-electron chi connectivity index (χ1n) is 5.97. The van der Waals surface area contributed by atoms with Gasteiger partial charge in [-0.25, -0.2) is 0 Å². The van der Waals surface area contributed by atoms with Gasteiger partial charge in [-0.3, -0.25) is 9.04 Å². The first-order valence-corrected chi connectivity index (χ1v) is 7.57. The topological polar surface area (TPSA) is 54.4 Å². The lowest BCUT2D eigenvalue weighted by atomic mass is 10.1. The number of quaternary nitrogens is 1. The molecule has 0 aromatic heterocycles. The van der Waals surface area contributed by atoms with Crippen molar-refractivity contribution >= 4 is 21.9 Å². The molecule has 5 heteroatoms. The molecular weight excluding hydrogens is 250 g/mol. The zero-order valence-corrected chi connectivity index (χ0v) is 11.2. The van der Waals surface area contributed by atoms with Crippen LogP contribution in [0.1, 0.15) is 12.0 Å². The number of likely N-dealkylation sites (N-methyl/N-ethyl adjacent to an activating group) is 1.